The van der Waals surface area contributed by atoms with Crippen molar-refractivity contribution in [2.75, 3.05) is 20.2 Å². The van der Waals surface area contributed by atoms with Crippen LogP contribution in [0.2, 0.25) is 0 Å². The molecule has 1 amide bonds. The number of ether oxygens (including phenoxy) is 2. The molecule has 1 fully saturated rings. The van der Waals surface area contributed by atoms with Crippen molar-refractivity contribution in [2.24, 2.45) is 0 Å². The Kier molecular flexibility index (Phi) is 5.31. The third kappa shape index (κ3) is 4.25. The normalized spacial score (nSPS) is 16.9. The minimum Gasteiger partial charge on any atom is -0.497 e. The fourth-order valence-corrected chi connectivity index (χ4v) is 2.86. The molecule has 5 heteroatoms. The number of carbonyl (C=O) groups excluding carboxylic acids is 1. The Hall–Kier alpha value is -2.56. The Morgan fingerprint density at radius 2 is 2.08 bits per heavy atom. The number of methoxy groups -OCH3 is 1. The van der Waals surface area contributed by atoms with Crippen molar-refractivity contribution in [1.82, 2.24) is 9.88 Å². The molecular formula is C19H22N2O3. The van der Waals surface area contributed by atoms with Crippen molar-refractivity contribution >= 4 is 5.91 Å². The van der Waals surface area contributed by atoms with Crippen LogP contribution in [-0.2, 0) is 11.2 Å². The van der Waals surface area contributed by atoms with Crippen LogP contribution in [0.3, 0.4) is 0 Å². The van der Waals surface area contributed by atoms with E-state index in [1.165, 1.54) is 0 Å². The second kappa shape index (κ2) is 7.81. The number of benzene rings is 1. The Morgan fingerprint density at radius 3 is 2.79 bits per heavy atom. The van der Waals surface area contributed by atoms with E-state index in [0.29, 0.717) is 13.0 Å². The number of aromatic nitrogens is 1. The van der Waals surface area contributed by atoms with Gasteiger partial charge < -0.3 is 14.4 Å². The molecule has 1 aliphatic heterocycles. The van der Waals surface area contributed by atoms with Crippen LogP contribution in [0.25, 0.3) is 0 Å². The van der Waals surface area contributed by atoms with Crippen LogP contribution in [-0.4, -0.2) is 42.1 Å². The minimum atomic E-state index is 0.0548. The first kappa shape index (κ1) is 16.3. The number of likely N-dealkylation sites (tertiary alicyclic amines) is 1. The maximum Gasteiger partial charge on any atom is 0.223 e. The van der Waals surface area contributed by atoms with Crippen LogP contribution >= 0.6 is 0 Å². The Balaban J connectivity index is 1.45. The van der Waals surface area contributed by atoms with E-state index in [1.54, 1.807) is 19.5 Å². The molecule has 5 nitrogen and oxygen atoms in total. The highest BCUT2D eigenvalue weighted by Crippen LogP contribution is 2.19. The standard InChI is InChI=1S/C19H22N2O3/c1-23-16-7-4-15(5-8-16)6-9-19(22)21-12-10-18(14-21)24-17-3-2-11-20-13-17/h2-5,7-8,11,13,18H,6,9-10,12,14H2,1H3. The van der Waals surface area contributed by atoms with Crippen molar-refractivity contribution in [1.29, 1.82) is 0 Å². The number of rotatable bonds is 6. The van der Waals surface area contributed by atoms with Gasteiger partial charge in [0.25, 0.3) is 0 Å². The molecule has 0 saturated carbocycles. The number of nitrogens with zero attached hydrogens (tertiary/aromatic N) is 2. The van der Waals surface area contributed by atoms with Crippen LogP contribution in [0.5, 0.6) is 11.5 Å². The molecule has 1 saturated heterocycles. The summed E-state index contributed by atoms with van der Waals surface area (Å²) < 4.78 is 11.0. The zero-order chi connectivity index (χ0) is 16.8. The first-order chi connectivity index (χ1) is 11.7. The topological polar surface area (TPSA) is 51.7 Å². The van der Waals surface area contributed by atoms with E-state index in [9.17, 15) is 4.79 Å². The van der Waals surface area contributed by atoms with E-state index in [2.05, 4.69) is 4.98 Å². The molecule has 126 valence electrons. The van der Waals surface area contributed by atoms with Gasteiger partial charge in [0.15, 0.2) is 0 Å². The number of hydrogen-bond donors (Lipinski definition) is 0. The molecule has 24 heavy (non-hydrogen) atoms. The summed E-state index contributed by atoms with van der Waals surface area (Å²) in [6.07, 6.45) is 5.60. The van der Waals surface area contributed by atoms with E-state index >= 15 is 0 Å². The third-order valence-corrected chi connectivity index (χ3v) is 4.22. The van der Waals surface area contributed by atoms with Crippen LogP contribution < -0.4 is 9.47 Å². The first-order valence-electron chi connectivity index (χ1n) is 8.22. The van der Waals surface area contributed by atoms with Gasteiger partial charge in [-0.15, -0.1) is 0 Å². The highest BCUT2D eigenvalue weighted by molar-refractivity contribution is 5.76. The summed E-state index contributed by atoms with van der Waals surface area (Å²) in [6.45, 7) is 1.41. The SMILES string of the molecule is COc1ccc(CCC(=O)N2CCC(Oc3cccnc3)C2)cc1. The molecule has 2 heterocycles. The number of amides is 1. The number of pyridine rings is 1. The lowest BCUT2D eigenvalue weighted by Gasteiger charge is -2.17. The zero-order valence-electron chi connectivity index (χ0n) is 13.9. The van der Waals surface area contributed by atoms with E-state index in [0.717, 1.165) is 36.4 Å². The van der Waals surface area contributed by atoms with Crippen molar-refractivity contribution < 1.29 is 14.3 Å². The molecule has 0 N–H and O–H groups in total. The Labute approximate surface area is 142 Å². The molecule has 1 aliphatic rings. The molecule has 3 rings (SSSR count). The smallest absolute Gasteiger partial charge is 0.223 e. The van der Waals surface area contributed by atoms with Crippen molar-refractivity contribution in [2.45, 2.75) is 25.4 Å². The molecular weight excluding hydrogens is 304 g/mol. The molecule has 1 aromatic carbocycles. The number of aryl methyl sites for hydroxylation is 1. The Morgan fingerprint density at radius 1 is 1.25 bits per heavy atom. The van der Waals surface area contributed by atoms with E-state index in [-0.39, 0.29) is 12.0 Å². The van der Waals surface area contributed by atoms with Crippen molar-refractivity contribution in [3.8, 4) is 11.5 Å². The third-order valence-electron chi connectivity index (χ3n) is 4.22. The highest BCUT2D eigenvalue weighted by Gasteiger charge is 2.27. The van der Waals surface area contributed by atoms with Crippen molar-refractivity contribution in [3.63, 3.8) is 0 Å². The average molecular weight is 326 g/mol. The molecule has 0 bridgehead atoms. The zero-order valence-corrected chi connectivity index (χ0v) is 13.9. The van der Waals surface area contributed by atoms with Gasteiger partial charge in [0.05, 0.1) is 19.9 Å². The molecule has 0 spiro atoms. The fraction of sp³-hybridized carbons (Fsp3) is 0.368. The predicted octanol–water partition coefficient (Wildman–Crippen LogP) is 2.70. The van der Waals surface area contributed by atoms with Gasteiger partial charge in [0.1, 0.15) is 17.6 Å². The summed E-state index contributed by atoms with van der Waals surface area (Å²) in [5.74, 6) is 1.78. The molecule has 1 aromatic heterocycles. The van der Waals surface area contributed by atoms with Crippen molar-refractivity contribution in [3.05, 3.63) is 54.4 Å². The highest BCUT2D eigenvalue weighted by atomic mass is 16.5. The monoisotopic (exact) mass is 326 g/mol. The summed E-state index contributed by atoms with van der Waals surface area (Å²) in [6, 6.07) is 11.6. The number of carbonyl (C=O) groups is 1. The predicted molar refractivity (Wildman–Crippen MR) is 91.2 cm³/mol. The lowest BCUT2D eigenvalue weighted by molar-refractivity contribution is -0.130. The molecule has 0 radical (unpaired) electrons. The maximum absolute atomic E-state index is 12.4. The first-order valence-corrected chi connectivity index (χ1v) is 8.22. The fourth-order valence-electron chi connectivity index (χ4n) is 2.86. The van der Waals surface area contributed by atoms with Gasteiger partial charge >= 0.3 is 0 Å². The quantitative estimate of drug-likeness (QED) is 0.819. The number of hydrogen-bond acceptors (Lipinski definition) is 4. The minimum absolute atomic E-state index is 0.0548. The van der Waals surface area contributed by atoms with Gasteiger partial charge in [-0.1, -0.05) is 12.1 Å². The summed E-state index contributed by atoms with van der Waals surface area (Å²) in [5, 5.41) is 0. The molecule has 1 unspecified atom stereocenters. The lowest BCUT2D eigenvalue weighted by atomic mass is 10.1. The van der Waals surface area contributed by atoms with Crippen LogP contribution in [0, 0.1) is 0 Å². The van der Waals surface area contributed by atoms with Gasteiger partial charge in [-0.2, -0.15) is 0 Å². The van der Waals surface area contributed by atoms with Crippen LogP contribution in [0.15, 0.2) is 48.8 Å². The van der Waals surface area contributed by atoms with Gasteiger partial charge in [-0.3, -0.25) is 9.78 Å². The summed E-state index contributed by atoms with van der Waals surface area (Å²) in [4.78, 5) is 18.3. The summed E-state index contributed by atoms with van der Waals surface area (Å²) >= 11 is 0. The second-order valence-corrected chi connectivity index (χ2v) is 5.91. The van der Waals surface area contributed by atoms with Gasteiger partial charge in [0.2, 0.25) is 5.91 Å². The maximum atomic E-state index is 12.4. The summed E-state index contributed by atoms with van der Waals surface area (Å²) in [5.41, 5.74) is 1.14. The lowest BCUT2D eigenvalue weighted by Crippen LogP contribution is -2.31. The van der Waals surface area contributed by atoms with E-state index < -0.39 is 0 Å². The second-order valence-electron chi connectivity index (χ2n) is 5.91. The summed E-state index contributed by atoms with van der Waals surface area (Å²) in [7, 11) is 1.65. The largest absolute Gasteiger partial charge is 0.497 e. The van der Waals surface area contributed by atoms with Crippen LogP contribution in [0.4, 0.5) is 0 Å². The van der Waals surface area contributed by atoms with Gasteiger partial charge in [0, 0.05) is 25.6 Å². The van der Waals surface area contributed by atoms with E-state index in [1.807, 2.05) is 41.3 Å². The average Bonchev–Trinajstić information content (AvgIpc) is 3.09. The van der Waals surface area contributed by atoms with E-state index in [4.69, 9.17) is 9.47 Å². The molecule has 1 atom stereocenters. The molecule has 2 aromatic rings. The van der Waals surface area contributed by atoms with Gasteiger partial charge in [-0.05, 0) is 36.2 Å². The van der Waals surface area contributed by atoms with Gasteiger partial charge in [-0.25, -0.2) is 0 Å². The molecule has 0 aliphatic carbocycles. The Bertz CT molecular complexity index is 658. The van der Waals surface area contributed by atoms with Crippen LogP contribution in [0.1, 0.15) is 18.4 Å².